The topological polar surface area (TPSA) is 46.2 Å². The lowest BCUT2D eigenvalue weighted by Crippen LogP contribution is -2.17. The monoisotopic (exact) mass is 571 g/mol. The van der Waals surface area contributed by atoms with E-state index >= 15 is 0 Å². The van der Waals surface area contributed by atoms with Gasteiger partial charge in [-0.25, -0.2) is 13.2 Å². The van der Waals surface area contributed by atoms with Gasteiger partial charge in [0.05, 0.1) is 10.9 Å². The van der Waals surface area contributed by atoms with Crippen LogP contribution in [0.25, 0.3) is 5.83 Å². The molecule has 3 aromatic carbocycles. The summed E-state index contributed by atoms with van der Waals surface area (Å²) in [6, 6.07) is 11.5. The van der Waals surface area contributed by atoms with E-state index in [1.54, 1.807) is 6.07 Å². The lowest BCUT2D eigenvalue weighted by atomic mass is 10.0. The van der Waals surface area contributed by atoms with E-state index in [9.17, 15) is 22.8 Å². The second-order valence-corrected chi connectivity index (χ2v) is 10.6. The zero-order valence-corrected chi connectivity index (χ0v) is 21.3. The van der Waals surface area contributed by atoms with Gasteiger partial charge in [-0.2, -0.15) is 0 Å². The minimum Gasteiger partial charge on any atom is -0.326 e. The highest BCUT2D eigenvalue weighted by atomic mass is 35.5. The second kappa shape index (κ2) is 10.1. The second-order valence-electron chi connectivity index (χ2n) is 8.33. The zero-order chi connectivity index (χ0) is 26.4. The fourth-order valence-electron chi connectivity index (χ4n) is 3.99. The van der Waals surface area contributed by atoms with Crippen molar-refractivity contribution in [3.05, 3.63) is 105 Å². The molecule has 186 valence electrons. The lowest BCUT2D eigenvalue weighted by molar-refractivity contribution is -0.117. The molecule has 4 rings (SSSR count). The number of rotatable bonds is 7. The van der Waals surface area contributed by atoms with Gasteiger partial charge in [-0.05, 0) is 53.6 Å². The summed E-state index contributed by atoms with van der Waals surface area (Å²) in [7, 11) is 0. The Bertz CT molecular complexity index is 1410. The third-order valence-corrected chi connectivity index (χ3v) is 7.32. The number of carbonyl (C=O) groups is 2. The van der Waals surface area contributed by atoms with Crippen molar-refractivity contribution in [2.75, 3.05) is 5.32 Å². The number of Topliss-reactive ketones (excluding diaryl/α,β-unsaturated/α-hetero) is 1. The molecular weight excluding hydrogens is 557 g/mol. The number of nitrogens with one attached hydrogen (secondary N) is 1. The Morgan fingerprint density at radius 1 is 1.00 bits per heavy atom. The van der Waals surface area contributed by atoms with Gasteiger partial charge in [-0.1, -0.05) is 35.8 Å². The first-order valence-electron chi connectivity index (χ1n) is 10.5. The van der Waals surface area contributed by atoms with E-state index in [-0.39, 0.29) is 38.8 Å². The van der Waals surface area contributed by atoms with Crippen LogP contribution >= 0.6 is 46.4 Å². The molecule has 0 bridgehead atoms. The van der Waals surface area contributed by atoms with Gasteiger partial charge in [0.15, 0.2) is 5.78 Å². The van der Waals surface area contributed by atoms with Crippen LogP contribution in [0.5, 0.6) is 0 Å². The van der Waals surface area contributed by atoms with Crippen molar-refractivity contribution in [3.63, 3.8) is 0 Å². The highest BCUT2D eigenvalue weighted by Crippen LogP contribution is 2.65. The summed E-state index contributed by atoms with van der Waals surface area (Å²) in [6.45, 7) is 3.25. The molecular formula is C26H16Cl4F3NO2. The van der Waals surface area contributed by atoms with Crippen molar-refractivity contribution in [3.8, 4) is 0 Å². The van der Waals surface area contributed by atoms with E-state index in [1.165, 1.54) is 36.4 Å². The molecule has 1 amide bonds. The summed E-state index contributed by atoms with van der Waals surface area (Å²) in [5.41, 5.74) is 0.875. The van der Waals surface area contributed by atoms with Crippen LogP contribution in [0.15, 0.2) is 61.2 Å². The third-order valence-electron chi connectivity index (χ3n) is 5.83. The predicted molar refractivity (Wildman–Crippen MR) is 137 cm³/mol. The molecule has 0 saturated heterocycles. The summed E-state index contributed by atoms with van der Waals surface area (Å²) in [5.74, 6) is -4.97. The molecule has 36 heavy (non-hydrogen) atoms. The summed E-state index contributed by atoms with van der Waals surface area (Å²) in [6.07, 6.45) is -0.364. The van der Waals surface area contributed by atoms with Crippen molar-refractivity contribution >= 4 is 69.6 Å². The number of amides is 1. The summed E-state index contributed by atoms with van der Waals surface area (Å²) in [4.78, 5) is 25.8. The molecule has 0 aromatic heterocycles. The molecule has 2 unspecified atom stereocenters. The molecule has 1 N–H and O–H groups in total. The third kappa shape index (κ3) is 5.42. The molecule has 1 aliphatic carbocycles. The highest BCUT2D eigenvalue weighted by molar-refractivity contribution is 6.53. The van der Waals surface area contributed by atoms with Crippen LogP contribution in [-0.2, 0) is 11.2 Å². The number of carbonyl (C=O) groups excluding carboxylic acids is 2. The zero-order valence-electron chi connectivity index (χ0n) is 18.2. The Labute approximate surface area is 224 Å². The summed E-state index contributed by atoms with van der Waals surface area (Å²) in [5, 5.41) is 2.97. The van der Waals surface area contributed by atoms with Gasteiger partial charge < -0.3 is 5.32 Å². The molecule has 1 saturated carbocycles. The molecule has 3 aromatic rings. The minimum absolute atomic E-state index is 0.00126. The molecule has 1 fully saturated rings. The van der Waals surface area contributed by atoms with E-state index in [0.29, 0.717) is 11.6 Å². The molecule has 10 heteroatoms. The molecule has 0 aliphatic heterocycles. The Morgan fingerprint density at radius 3 is 2.39 bits per heavy atom. The van der Waals surface area contributed by atoms with Crippen LogP contribution in [0.1, 0.15) is 33.0 Å². The van der Waals surface area contributed by atoms with Crippen LogP contribution in [0.3, 0.4) is 0 Å². The quantitative estimate of drug-likeness (QED) is 0.229. The SMILES string of the molecule is C=C(F)c1cc(Cl)cc(C2C(C(=O)Nc3ccc(Cl)c(C(=O)Cc4ccc(F)cc4F)c3)C2(Cl)Cl)c1. The Hall–Kier alpha value is -2.51. The molecule has 1 aliphatic rings. The summed E-state index contributed by atoms with van der Waals surface area (Å²) < 4.78 is 39.3. The smallest absolute Gasteiger partial charge is 0.231 e. The molecule has 3 nitrogen and oxygen atoms in total. The van der Waals surface area contributed by atoms with Gasteiger partial charge in [0.2, 0.25) is 5.91 Å². The maximum atomic E-state index is 14.0. The van der Waals surface area contributed by atoms with Gasteiger partial charge in [0.25, 0.3) is 0 Å². The van der Waals surface area contributed by atoms with E-state index < -0.39 is 45.3 Å². The number of hydrogen-bond donors (Lipinski definition) is 1. The van der Waals surface area contributed by atoms with Crippen LogP contribution in [0, 0.1) is 17.6 Å². The van der Waals surface area contributed by atoms with Gasteiger partial charge >= 0.3 is 0 Å². The van der Waals surface area contributed by atoms with Gasteiger partial charge in [0, 0.05) is 40.2 Å². The Kier molecular flexibility index (Phi) is 7.45. The van der Waals surface area contributed by atoms with Crippen LogP contribution < -0.4 is 5.32 Å². The number of hydrogen-bond acceptors (Lipinski definition) is 2. The van der Waals surface area contributed by atoms with E-state index in [4.69, 9.17) is 46.4 Å². The highest BCUT2D eigenvalue weighted by Gasteiger charge is 2.67. The van der Waals surface area contributed by atoms with Crippen molar-refractivity contribution < 1.29 is 22.8 Å². The fraction of sp³-hybridized carbons (Fsp3) is 0.154. The Morgan fingerprint density at radius 2 is 1.72 bits per heavy atom. The van der Waals surface area contributed by atoms with Crippen molar-refractivity contribution in [1.29, 1.82) is 0 Å². The van der Waals surface area contributed by atoms with Crippen LogP contribution in [-0.4, -0.2) is 16.0 Å². The van der Waals surface area contributed by atoms with Crippen molar-refractivity contribution in [2.24, 2.45) is 5.92 Å². The molecule has 2 atom stereocenters. The summed E-state index contributed by atoms with van der Waals surface area (Å²) >= 11 is 25.0. The first-order chi connectivity index (χ1) is 16.9. The maximum Gasteiger partial charge on any atom is 0.231 e. The number of alkyl halides is 2. The number of benzene rings is 3. The minimum atomic E-state index is -1.48. The van der Waals surface area contributed by atoms with Crippen LogP contribution in [0.2, 0.25) is 10.0 Å². The van der Waals surface area contributed by atoms with Gasteiger partial charge in [-0.3, -0.25) is 9.59 Å². The predicted octanol–water partition coefficient (Wildman–Crippen LogP) is 8.16. The average Bonchev–Trinajstić information content (AvgIpc) is 3.38. The first-order valence-corrected chi connectivity index (χ1v) is 12.0. The standard InChI is InChI=1S/C26H16Cl4F3NO2/c1-12(31)14-6-15(8-16(27)7-14)23-24(26(23,29)30)25(36)34-18-4-5-20(28)19(11-18)22(35)9-13-2-3-17(32)10-21(13)33/h2-8,10-11,23-24H,1,9H2,(H,34,36). The number of anilines is 1. The normalized spacial score (nSPS) is 18.0. The van der Waals surface area contributed by atoms with E-state index in [0.717, 1.165) is 6.07 Å². The number of halogens is 7. The molecule has 0 radical (unpaired) electrons. The van der Waals surface area contributed by atoms with E-state index in [2.05, 4.69) is 11.9 Å². The van der Waals surface area contributed by atoms with Crippen molar-refractivity contribution in [1.82, 2.24) is 0 Å². The largest absolute Gasteiger partial charge is 0.326 e. The van der Waals surface area contributed by atoms with E-state index in [1.807, 2.05) is 0 Å². The van der Waals surface area contributed by atoms with Crippen LogP contribution in [0.4, 0.5) is 18.9 Å². The van der Waals surface area contributed by atoms with Gasteiger partial charge in [-0.15, -0.1) is 23.2 Å². The molecule has 0 spiro atoms. The maximum absolute atomic E-state index is 14.0. The fourth-order valence-corrected chi connectivity index (χ4v) is 5.28. The lowest BCUT2D eigenvalue weighted by Gasteiger charge is -2.10. The van der Waals surface area contributed by atoms with Gasteiger partial charge in [0.1, 0.15) is 21.8 Å². The average molecular weight is 573 g/mol. The number of ketones is 1. The Balaban J connectivity index is 1.53. The first kappa shape index (κ1) is 26.6. The molecule has 0 heterocycles. The van der Waals surface area contributed by atoms with Crippen molar-refractivity contribution in [2.45, 2.75) is 16.7 Å².